The third-order valence-electron chi connectivity index (χ3n) is 3.61. The van der Waals surface area contributed by atoms with Crippen molar-refractivity contribution in [3.63, 3.8) is 0 Å². The van der Waals surface area contributed by atoms with Gasteiger partial charge >= 0.3 is 6.09 Å². The van der Waals surface area contributed by atoms with Gasteiger partial charge in [-0.05, 0) is 45.1 Å². The highest BCUT2D eigenvalue weighted by atomic mass is 32.1. The SMILES string of the molecule is CC(C)(C)OC(=O)N1CCC[C@@H](c2nc(-c3cccs3)no2)C1. The van der Waals surface area contributed by atoms with Gasteiger partial charge in [-0.1, -0.05) is 11.2 Å². The lowest BCUT2D eigenvalue weighted by atomic mass is 9.98. The van der Waals surface area contributed by atoms with Crippen molar-refractivity contribution >= 4 is 17.4 Å². The van der Waals surface area contributed by atoms with Crippen LogP contribution in [0.5, 0.6) is 0 Å². The molecule has 1 saturated heterocycles. The zero-order chi connectivity index (χ0) is 16.4. The Kier molecular flexibility index (Phi) is 4.39. The second kappa shape index (κ2) is 6.31. The Morgan fingerprint density at radius 2 is 2.30 bits per heavy atom. The molecule has 3 heterocycles. The van der Waals surface area contributed by atoms with Gasteiger partial charge in [-0.25, -0.2) is 4.79 Å². The molecule has 2 aromatic rings. The van der Waals surface area contributed by atoms with Crippen molar-refractivity contribution in [3.05, 3.63) is 23.4 Å². The number of thiophene rings is 1. The maximum absolute atomic E-state index is 12.2. The predicted molar refractivity (Wildman–Crippen MR) is 87.4 cm³/mol. The number of amides is 1. The quantitative estimate of drug-likeness (QED) is 0.832. The van der Waals surface area contributed by atoms with Crippen molar-refractivity contribution in [2.75, 3.05) is 13.1 Å². The lowest BCUT2D eigenvalue weighted by Gasteiger charge is -2.32. The van der Waals surface area contributed by atoms with E-state index in [0.29, 0.717) is 24.8 Å². The monoisotopic (exact) mass is 335 g/mol. The number of ether oxygens (including phenoxy) is 1. The molecule has 3 rings (SSSR count). The van der Waals surface area contributed by atoms with Crippen LogP contribution in [0.15, 0.2) is 22.0 Å². The molecule has 7 heteroatoms. The Hall–Kier alpha value is -1.89. The number of rotatable bonds is 2. The van der Waals surface area contributed by atoms with Crippen LogP contribution in [0.4, 0.5) is 4.79 Å². The molecule has 1 amide bonds. The van der Waals surface area contributed by atoms with Gasteiger partial charge < -0.3 is 14.2 Å². The molecule has 1 fully saturated rings. The number of carbonyl (C=O) groups is 1. The average Bonchev–Trinajstić information content (AvgIpc) is 3.17. The minimum Gasteiger partial charge on any atom is -0.444 e. The van der Waals surface area contributed by atoms with Gasteiger partial charge in [0.25, 0.3) is 0 Å². The van der Waals surface area contributed by atoms with E-state index in [4.69, 9.17) is 9.26 Å². The molecule has 0 aliphatic carbocycles. The smallest absolute Gasteiger partial charge is 0.410 e. The van der Waals surface area contributed by atoms with Gasteiger partial charge in [0.2, 0.25) is 11.7 Å². The van der Waals surface area contributed by atoms with E-state index in [1.807, 2.05) is 38.3 Å². The molecule has 0 spiro atoms. The second-order valence-corrected chi connectivity index (χ2v) is 7.65. The van der Waals surface area contributed by atoms with Gasteiger partial charge in [-0.2, -0.15) is 4.98 Å². The van der Waals surface area contributed by atoms with Crippen LogP contribution >= 0.6 is 11.3 Å². The summed E-state index contributed by atoms with van der Waals surface area (Å²) in [6, 6.07) is 3.92. The van der Waals surface area contributed by atoms with E-state index >= 15 is 0 Å². The molecule has 6 nitrogen and oxygen atoms in total. The summed E-state index contributed by atoms with van der Waals surface area (Å²) in [5, 5.41) is 6.04. The molecule has 0 unspecified atom stereocenters. The van der Waals surface area contributed by atoms with Crippen molar-refractivity contribution in [1.29, 1.82) is 0 Å². The molecule has 1 aliphatic rings. The molecular formula is C16H21N3O3S. The summed E-state index contributed by atoms with van der Waals surface area (Å²) < 4.78 is 10.9. The van der Waals surface area contributed by atoms with Gasteiger partial charge in [0.1, 0.15) is 5.60 Å². The fourth-order valence-corrected chi connectivity index (χ4v) is 3.23. The molecule has 0 aromatic carbocycles. The highest BCUT2D eigenvalue weighted by molar-refractivity contribution is 7.13. The summed E-state index contributed by atoms with van der Waals surface area (Å²) in [4.78, 5) is 19.4. The highest BCUT2D eigenvalue weighted by Crippen LogP contribution is 2.29. The summed E-state index contributed by atoms with van der Waals surface area (Å²) in [7, 11) is 0. The topological polar surface area (TPSA) is 68.5 Å². The molecule has 0 radical (unpaired) electrons. The first kappa shape index (κ1) is 16.0. The second-order valence-electron chi connectivity index (χ2n) is 6.70. The maximum atomic E-state index is 12.2. The van der Waals surface area contributed by atoms with E-state index in [-0.39, 0.29) is 12.0 Å². The lowest BCUT2D eigenvalue weighted by Crippen LogP contribution is -2.42. The van der Waals surface area contributed by atoms with Gasteiger partial charge in [0, 0.05) is 13.1 Å². The van der Waals surface area contributed by atoms with Crippen molar-refractivity contribution in [1.82, 2.24) is 15.0 Å². The van der Waals surface area contributed by atoms with Crippen LogP contribution in [0.25, 0.3) is 10.7 Å². The molecular weight excluding hydrogens is 314 g/mol. The van der Waals surface area contributed by atoms with Crippen molar-refractivity contribution in [2.45, 2.75) is 45.1 Å². The molecule has 0 N–H and O–H groups in total. The summed E-state index contributed by atoms with van der Waals surface area (Å²) in [5.41, 5.74) is -0.485. The zero-order valence-corrected chi connectivity index (χ0v) is 14.4. The summed E-state index contributed by atoms with van der Waals surface area (Å²) in [6.07, 6.45) is 1.56. The van der Waals surface area contributed by atoms with E-state index < -0.39 is 5.60 Å². The summed E-state index contributed by atoms with van der Waals surface area (Å²) >= 11 is 1.58. The van der Waals surface area contributed by atoms with E-state index in [1.54, 1.807) is 16.2 Å². The number of nitrogens with zero attached hydrogens (tertiary/aromatic N) is 3. The number of likely N-dealkylation sites (tertiary alicyclic amines) is 1. The van der Waals surface area contributed by atoms with Crippen LogP contribution in [0, 0.1) is 0 Å². The first-order chi connectivity index (χ1) is 10.9. The normalized spacial score (nSPS) is 18.9. The maximum Gasteiger partial charge on any atom is 0.410 e. The Balaban J connectivity index is 1.68. The molecule has 0 bridgehead atoms. The molecule has 23 heavy (non-hydrogen) atoms. The largest absolute Gasteiger partial charge is 0.444 e. The van der Waals surface area contributed by atoms with Crippen molar-refractivity contribution in [3.8, 4) is 10.7 Å². The van der Waals surface area contributed by atoms with Crippen molar-refractivity contribution < 1.29 is 14.1 Å². The van der Waals surface area contributed by atoms with Gasteiger partial charge in [0.05, 0.1) is 10.8 Å². The fraction of sp³-hybridized carbons (Fsp3) is 0.562. The van der Waals surface area contributed by atoms with E-state index in [0.717, 1.165) is 17.7 Å². The Morgan fingerprint density at radius 3 is 3.00 bits per heavy atom. The van der Waals surface area contributed by atoms with E-state index in [2.05, 4.69) is 10.1 Å². The highest BCUT2D eigenvalue weighted by Gasteiger charge is 2.31. The number of piperidine rings is 1. The van der Waals surface area contributed by atoms with Gasteiger partial charge in [-0.3, -0.25) is 0 Å². The number of hydrogen-bond acceptors (Lipinski definition) is 6. The lowest BCUT2D eigenvalue weighted by molar-refractivity contribution is 0.0189. The van der Waals surface area contributed by atoms with Crippen molar-refractivity contribution in [2.24, 2.45) is 0 Å². The summed E-state index contributed by atoms with van der Waals surface area (Å²) in [5.74, 6) is 1.28. The fourth-order valence-electron chi connectivity index (χ4n) is 2.58. The Labute approximate surface area is 139 Å². The molecule has 1 atom stereocenters. The molecule has 1 aliphatic heterocycles. The summed E-state index contributed by atoms with van der Waals surface area (Å²) in [6.45, 7) is 6.88. The van der Waals surface area contributed by atoms with Crippen LogP contribution in [-0.2, 0) is 4.74 Å². The number of hydrogen-bond donors (Lipinski definition) is 0. The number of aromatic nitrogens is 2. The Morgan fingerprint density at radius 1 is 1.48 bits per heavy atom. The average molecular weight is 335 g/mol. The third-order valence-corrected chi connectivity index (χ3v) is 4.47. The van der Waals surface area contributed by atoms with Crippen LogP contribution in [-0.4, -0.2) is 39.8 Å². The molecule has 124 valence electrons. The third kappa shape index (κ3) is 3.90. The van der Waals surface area contributed by atoms with E-state index in [1.165, 1.54) is 0 Å². The molecule has 0 saturated carbocycles. The minimum atomic E-state index is -0.485. The van der Waals surface area contributed by atoms with Gasteiger partial charge in [-0.15, -0.1) is 11.3 Å². The standard InChI is InChI=1S/C16H21N3O3S/c1-16(2,3)21-15(20)19-8-4-6-11(10-19)14-17-13(18-22-14)12-7-5-9-23-12/h5,7,9,11H,4,6,8,10H2,1-3H3/t11-/m1/s1. The van der Waals surface area contributed by atoms with Gasteiger partial charge in [0.15, 0.2) is 0 Å². The zero-order valence-electron chi connectivity index (χ0n) is 13.6. The Bertz CT molecular complexity index is 660. The molecule has 2 aromatic heterocycles. The van der Waals surface area contributed by atoms with Crippen LogP contribution in [0.3, 0.4) is 0 Å². The van der Waals surface area contributed by atoms with E-state index in [9.17, 15) is 4.79 Å². The number of carbonyl (C=O) groups excluding carboxylic acids is 1. The first-order valence-corrected chi connectivity index (χ1v) is 8.66. The minimum absolute atomic E-state index is 0.0671. The predicted octanol–water partition coefficient (Wildman–Crippen LogP) is 3.91. The van der Waals surface area contributed by atoms with Crippen LogP contribution in [0.1, 0.15) is 45.4 Å². The van der Waals surface area contributed by atoms with Crippen LogP contribution < -0.4 is 0 Å². The first-order valence-electron chi connectivity index (χ1n) is 7.78. The van der Waals surface area contributed by atoms with Crippen LogP contribution in [0.2, 0.25) is 0 Å².